The molecule has 3 amide bonds. The van der Waals surface area contributed by atoms with Crippen molar-refractivity contribution in [2.45, 2.75) is 38.5 Å². The zero-order valence-electron chi connectivity index (χ0n) is 14.9. The molecule has 0 bridgehead atoms. The molecular weight excluding hydrogens is 362 g/mol. The minimum atomic E-state index is -0.493. The molecule has 140 valence electrons. The minimum Gasteiger partial charge on any atom is -0.365 e. The van der Waals surface area contributed by atoms with Crippen LogP contribution in [0.1, 0.15) is 56.8 Å². The van der Waals surface area contributed by atoms with Gasteiger partial charge in [0.05, 0.1) is 5.56 Å². The fourth-order valence-electron chi connectivity index (χ4n) is 3.80. The number of aryl methyl sites for hydroxylation is 1. The van der Waals surface area contributed by atoms with Crippen molar-refractivity contribution in [3.8, 4) is 0 Å². The predicted molar refractivity (Wildman–Crippen MR) is 105 cm³/mol. The number of carbonyl (C=O) groups excluding carboxylic acids is 3. The van der Waals surface area contributed by atoms with Gasteiger partial charge in [-0.25, -0.2) is 0 Å². The van der Waals surface area contributed by atoms with Gasteiger partial charge in [-0.15, -0.1) is 11.3 Å². The van der Waals surface area contributed by atoms with Gasteiger partial charge in [0.2, 0.25) is 5.91 Å². The number of anilines is 2. The standard InChI is InChI=1S/C20H21N3O3S/c21-18(25)17-14-4-1-2-5-15(14)27-20(17)22-19(26)12-7-9-13(10-8-12)23-11-3-6-16(23)24/h7-10H,1-6,11H2,(H2,21,25)(H,22,26). The summed E-state index contributed by atoms with van der Waals surface area (Å²) >= 11 is 1.45. The summed E-state index contributed by atoms with van der Waals surface area (Å²) in [5, 5.41) is 3.40. The molecule has 1 aliphatic carbocycles. The summed E-state index contributed by atoms with van der Waals surface area (Å²) in [6.07, 6.45) is 5.32. The highest BCUT2D eigenvalue weighted by atomic mass is 32.1. The number of carbonyl (C=O) groups is 3. The Labute approximate surface area is 161 Å². The van der Waals surface area contributed by atoms with Gasteiger partial charge < -0.3 is 16.0 Å². The monoisotopic (exact) mass is 383 g/mol. The topological polar surface area (TPSA) is 92.5 Å². The number of hydrogen-bond acceptors (Lipinski definition) is 4. The second kappa shape index (κ2) is 7.15. The first-order valence-corrected chi connectivity index (χ1v) is 10.0. The minimum absolute atomic E-state index is 0.113. The van der Waals surface area contributed by atoms with Crippen LogP contribution in [0.4, 0.5) is 10.7 Å². The lowest BCUT2D eigenvalue weighted by Gasteiger charge is -2.15. The van der Waals surface area contributed by atoms with Gasteiger partial charge in [-0.05, 0) is 61.9 Å². The summed E-state index contributed by atoms with van der Waals surface area (Å²) < 4.78 is 0. The summed E-state index contributed by atoms with van der Waals surface area (Å²) in [4.78, 5) is 39.3. The molecule has 0 radical (unpaired) electrons. The van der Waals surface area contributed by atoms with E-state index in [4.69, 9.17) is 5.73 Å². The Morgan fingerprint density at radius 1 is 1.04 bits per heavy atom. The van der Waals surface area contributed by atoms with Crippen LogP contribution < -0.4 is 16.0 Å². The van der Waals surface area contributed by atoms with Crippen LogP contribution in [0, 0.1) is 0 Å². The van der Waals surface area contributed by atoms with Crippen molar-refractivity contribution in [1.29, 1.82) is 0 Å². The average molecular weight is 383 g/mol. The zero-order chi connectivity index (χ0) is 19.0. The third-order valence-corrected chi connectivity index (χ3v) is 6.37. The largest absolute Gasteiger partial charge is 0.365 e. The molecule has 2 aliphatic rings. The summed E-state index contributed by atoms with van der Waals surface area (Å²) in [6, 6.07) is 6.97. The van der Waals surface area contributed by atoms with Crippen LogP contribution in [0.25, 0.3) is 0 Å². The van der Waals surface area contributed by atoms with Gasteiger partial charge in [-0.1, -0.05) is 0 Å². The number of rotatable bonds is 4. The number of nitrogens with zero attached hydrogens (tertiary/aromatic N) is 1. The number of fused-ring (bicyclic) bond motifs is 1. The highest BCUT2D eigenvalue weighted by Gasteiger charge is 2.25. The molecule has 1 aliphatic heterocycles. The van der Waals surface area contributed by atoms with E-state index in [-0.39, 0.29) is 11.8 Å². The fraction of sp³-hybridized carbons (Fsp3) is 0.350. The van der Waals surface area contributed by atoms with Crippen LogP contribution in [0.15, 0.2) is 24.3 Å². The maximum absolute atomic E-state index is 12.7. The van der Waals surface area contributed by atoms with E-state index in [0.717, 1.165) is 48.2 Å². The molecule has 0 saturated carbocycles. The first kappa shape index (κ1) is 17.7. The van der Waals surface area contributed by atoms with Crippen molar-refractivity contribution in [3.63, 3.8) is 0 Å². The first-order valence-electron chi connectivity index (χ1n) is 9.20. The molecule has 1 aromatic carbocycles. The Morgan fingerprint density at radius 2 is 1.78 bits per heavy atom. The van der Waals surface area contributed by atoms with Crippen LogP contribution in [0.2, 0.25) is 0 Å². The molecule has 2 aromatic rings. The van der Waals surface area contributed by atoms with Crippen molar-refractivity contribution in [1.82, 2.24) is 0 Å². The molecule has 6 nitrogen and oxygen atoms in total. The van der Waals surface area contributed by atoms with Crippen molar-refractivity contribution in [2.24, 2.45) is 5.73 Å². The SMILES string of the molecule is NC(=O)c1c(NC(=O)c2ccc(N3CCCC3=O)cc2)sc2c1CCCC2. The highest BCUT2D eigenvalue weighted by Crippen LogP contribution is 2.38. The van der Waals surface area contributed by atoms with Crippen LogP contribution in [0.3, 0.4) is 0 Å². The lowest BCUT2D eigenvalue weighted by molar-refractivity contribution is -0.117. The molecular formula is C20H21N3O3S. The molecule has 1 aromatic heterocycles. The van der Waals surface area contributed by atoms with Crippen LogP contribution in [-0.4, -0.2) is 24.3 Å². The smallest absolute Gasteiger partial charge is 0.256 e. The Hall–Kier alpha value is -2.67. The lowest BCUT2D eigenvalue weighted by atomic mass is 9.95. The van der Waals surface area contributed by atoms with E-state index in [1.165, 1.54) is 11.3 Å². The van der Waals surface area contributed by atoms with Gasteiger partial charge in [0.25, 0.3) is 11.8 Å². The second-order valence-corrected chi connectivity index (χ2v) is 8.03. The Balaban J connectivity index is 1.55. The fourth-order valence-corrected chi connectivity index (χ4v) is 5.09. The van der Waals surface area contributed by atoms with Gasteiger partial charge in [-0.2, -0.15) is 0 Å². The predicted octanol–water partition coefficient (Wildman–Crippen LogP) is 3.10. The normalized spacial score (nSPS) is 16.3. The Morgan fingerprint density at radius 3 is 2.44 bits per heavy atom. The average Bonchev–Trinajstić information content (AvgIpc) is 3.24. The van der Waals surface area contributed by atoms with E-state index in [9.17, 15) is 14.4 Å². The third-order valence-electron chi connectivity index (χ3n) is 5.16. The van der Waals surface area contributed by atoms with Crippen molar-refractivity contribution >= 4 is 39.7 Å². The van der Waals surface area contributed by atoms with Gasteiger partial charge in [0, 0.05) is 29.1 Å². The number of nitrogens with one attached hydrogen (secondary N) is 1. The van der Waals surface area contributed by atoms with E-state index >= 15 is 0 Å². The quantitative estimate of drug-likeness (QED) is 0.850. The van der Waals surface area contributed by atoms with E-state index in [1.807, 2.05) is 0 Å². The van der Waals surface area contributed by atoms with Crippen molar-refractivity contribution in [3.05, 3.63) is 45.8 Å². The van der Waals surface area contributed by atoms with Crippen molar-refractivity contribution in [2.75, 3.05) is 16.8 Å². The molecule has 27 heavy (non-hydrogen) atoms. The second-order valence-electron chi connectivity index (χ2n) is 6.93. The number of hydrogen-bond donors (Lipinski definition) is 2. The maximum atomic E-state index is 12.7. The molecule has 1 fully saturated rings. The molecule has 0 atom stereocenters. The van der Waals surface area contributed by atoms with Gasteiger partial charge in [0.15, 0.2) is 0 Å². The molecule has 2 heterocycles. The molecule has 0 unspecified atom stereocenters. The van der Waals surface area contributed by atoms with Gasteiger partial charge in [0.1, 0.15) is 5.00 Å². The number of nitrogens with two attached hydrogens (primary N) is 1. The van der Waals surface area contributed by atoms with E-state index in [1.54, 1.807) is 29.2 Å². The summed E-state index contributed by atoms with van der Waals surface area (Å²) in [5.74, 6) is -0.662. The third kappa shape index (κ3) is 3.35. The first-order chi connectivity index (χ1) is 13.0. The van der Waals surface area contributed by atoms with Crippen molar-refractivity contribution < 1.29 is 14.4 Å². The van der Waals surface area contributed by atoms with Crippen LogP contribution in [0.5, 0.6) is 0 Å². The lowest BCUT2D eigenvalue weighted by Crippen LogP contribution is -2.23. The number of amides is 3. The summed E-state index contributed by atoms with van der Waals surface area (Å²) in [5.41, 5.74) is 8.32. The zero-order valence-corrected chi connectivity index (χ0v) is 15.7. The number of thiophene rings is 1. The maximum Gasteiger partial charge on any atom is 0.256 e. The molecule has 4 rings (SSSR count). The Bertz CT molecular complexity index is 917. The molecule has 7 heteroatoms. The molecule has 0 spiro atoms. The Kier molecular flexibility index (Phi) is 4.70. The van der Waals surface area contributed by atoms with Gasteiger partial charge in [-0.3, -0.25) is 14.4 Å². The number of benzene rings is 1. The van der Waals surface area contributed by atoms with E-state index in [2.05, 4.69) is 5.32 Å². The van der Waals surface area contributed by atoms with Crippen LogP contribution in [-0.2, 0) is 17.6 Å². The van der Waals surface area contributed by atoms with E-state index in [0.29, 0.717) is 29.1 Å². The van der Waals surface area contributed by atoms with Gasteiger partial charge >= 0.3 is 0 Å². The summed E-state index contributed by atoms with van der Waals surface area (Å²) in [6.45, 7) is 0.715. The molecule has 1 saturated heterocycles. The van der Waals surface area contributed by atoms with E-state index < -0.39 is 5.91 Å². The highest BCUT2D eigenvalue weighted by molar-refractivity contribution is 7.17. The number of primary amides is 1. The van der Waals surface area contributed by atoms with Crippen LogP contribution >= 0.6 is 11.3 Å². The molecule has 3 N–H and O–H groups in total. The summed E-state index contributed by atoms with van der Waals surface area (Å²) in [7, 11) is 0.